The van der Waals surface area contributed by atoms with E-state index < -0.39 is 169 Å². The lowest BCUT2D eigenvalue weighted by molar-refractivity contribution is -0.165. The Labute approximate surface area is 551 Å². The highest BCUT2D eigenvalue weighted by atomic mass is 16.5. The van der Waals surface area contributed by atoms with Crippen LogP contribution in [0.1, 0.15) is 148 Å². The normalized spacial score (nSPS) is 27.3. The number of aromatic amines is 1. The Bertz CT molecular complexity index is 2890. The van der Waals surface area contributed by atoms with Crippen LogP contribution in [0.15, 0.2) is 10.9 Å². The number of aromatic nitrogens is 2. The summed E-state index contributed by atoms with van der Waals surface area (Å²) in [6.45, 7) is 5.56. The molecule has 5 fully saturated rings. The number of carboxylic acid groups (broad SMARTS) is 2. The highest BCUT2D eigenvalue weighted by Crippen LogP contribution is 2.28. The number of carbonyl (C=O) groups excluding carboxylic acids is 9. The van der Waals surface area contributed by atoms with E-state index in [4.69, 9.17) is 4.74 Å². The number of piperidine rings is 1. The number of unbranched alkanes of at least 4 members (excludes halogenated alkanes) is 6. The second-order valence-corrected chi connectivity index (χ2v) is 26.2. The average molecular weight is 1350 g/mol. The van der Waals surface area contributed by atoms with Crippen molar-refractivity contribution in [3.63, 3.8) is 0 Å². The van der Waals surface area contributed by atoms with E-state index in [0.717, 1.165) is 69.4 Å². The first-order valence-electron chi connectivity index (χ1n) is 33.2. The summed E-state index contributed by atoms with van der Waals surface area (Å²) in [6, 6.07) is -13.4. The molecule has 6 heterocycles. The van der Waals surface area contributed by atoms with Gasteiger partial charge in [-0.1, -0.05) is 58.8 Å². The Morgan fingerprint density at radius 1 is 0.642 bits per heavy atom. The van der Waals surface area contributed by atoms with Crippen molar-refractivity contribution >= 4 is 71.1 Å². The molecule has 6 rings (SSSR count). The van der Waals surface area contributed by atoms with E-state index in [1.807, 2.05) is 19.4 Å². The summed E-state index contributed by atoms with van der Waals surface area (Å²) in [4.78, 5) is 182. The molecule has 5 aliphatic rings. The molecule has 532 valence electrons. The van der Waals surface area contributed by atoms with Crippen LogP contribution >= 0.6 is 0 Å². The maximum Gasteiger partial charge on any atom is 0.335 e. The zero-order chi connectivity index (χ0) is 69.8. The molecule has 0 aromatic carbocycles. The number of anilines is 1. The van der Waals surface area contributed by atoms with Gasteiger partial charge in [0.2, 0.25) is 53.2 Å². The summed E-state index contributed by atoms with van der Waals surface area (Å²) in [7, 11) is 4.04. The Morgan fingerprint density at radius 3 is 1.86 bits per heavy atom. The Kier molecular flexibility index (Phi) is 29.5. The minimum atomic E-state index is -2.79. The molecule has 14 N–H and O–H groups in total. The third-order valence-electron chi connectivity index (χ3n) is 18.3. The summed E-state index contributed by atoms with van der Waals surface area (Å²) in [5, 5.41) is 89.1. The number of amides is 8. The molecule has 33 heteroatoms. The molecule has 33 nitrogen and oxygen atoms in total. The van der Waals surface area contributed by atoms with E-state index in [-0.39, 0.29) is 76.9 Å². The van der Waals surface area contributed by atoms with Gasteiger partial charge in [-0.3, -0.25) is 53.0 Å². The summed E-state index contributed by atoms with van der Waals surface area (Å²) >= 11 is 0. The second-order valence-electron chi connectivity index (χ2n) is 26.2. The molecule has 95 heavy (non-hydrogen) atoms. The van der Waals surface area contributed by atoms with Crippen molar-refractivity contribution in [2.45, 2.75) is 234 Å². The minimum absolute atomic E-state index is 0.00715. The first kappa shape index (κ1) is 76.6. The van der Waals surface area contributed by atoms with Gasteiger partial charge in [0.05, 0.1) is 30.9 Å². The van der Waals surface area contributed by atoms with Gasteiger partial charge < -0.3 is 92.0 Å². The maximum absolute atomic E-state index is 14.7. The van der Waals surface area contributed by atoms with Crippen LogP contribution < -0.4 is 37.5 Å². The first-order valence-corrected chi connectivity index (χ1v) is 33.2. The first-order chi connectivity index (χ1) is 45.1. The molecule has 0 saturated carbocycles. The summed E-state index contributed by atoms with van der Waals surface area (Å²) < 4.78 is 5.70. The fraction of sp³-hybridized carbons (Fsp3) is 0.758. The number of fused-ring (bicyclic) bond motifs is 3. The average Bonchev–Trinajstić information content (AvgIpc) is 1.71. The number of hydrogen-bond acceptors (Lipinski definition) is 22. The van der Waals surface area contributed by atoms with Crippen LogP contribution in [0.2, 0.25) is 0 Å². The van der Waals surface area contributed by atoms with Crippen LogP contribution in [-0.4, -0.2) is 280 Å². The SMILES string of the molecule is CC(C)CCCCCCCCC[C@@H]1CC(=O)N[C@H]([C@@H](C)O)C(=O)N2CCC[C@@H]2C(=O)N2CCCC2C(=O)N[C@@H](CCCNc2nc(CN3CCC(N(C)C)CC3)cc(=O)[nH]2)C(=O)N[C@H]([C@@H](O)C(=O)O)C(=O)N[C@H](CO)C(=O)N2CC[C@H](O)[C@H]2C(=O)N[C@@H]([C@H](O)C(=O)O)C(=O)O1. The van der Waals surface area contributed by atoms with Gasteiger partial charge in [0, 0.05) is 57.9 Å². The molecule has 0 aliphatic carbocycles. The van der Waals surface area contributed by atoms with Crippen LogP contribution in [-0.2, 0) is 64.0 Å². The number of rotatable bonds is 24. The van der Waals surface area contributed by atoms with Crippen molar-refractivity contribution in [2.24, 2.45) is 5.92 Å². The highest BCUT2D eigenvalue weighted by Gasteiger charge is 2.49. The maximum atomic E-state index is 14.7. The number of carboxylic acids is 2. The van der Waals surface area contributed by atoms with Crippen molar-refractivity contribution < 1.29 is 93.2 Å². The molecule has 13 atom stereocenters. The Balaban J connectivity index is 1.31. The fourth-order valence-corrected chi connectivity index (χ4v) is 12.9. The number of ether oxygens (including phenoxy) is 1. The fourth-order valence-electron chi connectivity index (χ4n) is 12.9. The summed E-state index contributed by atoms with van der Waals surface area (Å²) in [5.41, 5.74) is 0.0197. The van der Waals surface area contributed by atoms with E-state index in [1.165, 1.54) is 17.9 Å². The lowest BCUT2D eigenvalue weighted by Crippen LogP contribution is -2.64. The Morgan fingerprint density at radius 2 is 1.24 bits per heavy atom. The lowest BCUT2D eigenvalue weighted by atomic mass is 10.0. The number of H-pyrrole nitrogens is 1. The molecule has 1 aromatic rings. The zero-order valence-electron chi connectivity index (χ0n) is 55.0. The predicted octanol–water partition coefficient (Wildman–Crippen LogP) is -3.40. The molecular formula is C62H99N13O20. The van der Waals surface area contributed by atoms with Gasteiger partial charge in [0.25, 0.3) is 5.56 Å². The predicted molar refractivity (Wildman–Crippen MR) is 337 cm³/mol. The Hall–Kier alpha value is -7.43. The lowest BCUT2D eigenvalue weighted by Gasteiger charge is -2.34. The van der Waals surface area contributed by atoms with Gasteiger partial charge in [-0.05, 0) is 97.6 Å². The van der Waals surface area contributed by atoms with Gasteiger partial charge in [-0.25, -0.2) is 19.4 Å². The molecular weight excluding hydrogens is 1250 g/mol. The molecule has 5 aliphatic heterocycles. The number of aliphatic hydroxyl groups excluding tert-OH is 5. The molecule has 0 bridgehead atoms. The van der Waals surface area contributed by atoms with Crippen LogP contribution in [0.3, 0.4) is 0 Å². The molecule has 0 radical (unpaired) electrons. The van der Waals surface area contributed by atoms with Crippen molar-refractivity contribution in [1.29, 1.82) is 0 Å². The van der Waals surface area contributed by atoms with Gasteiger partial charge in [-0.2, -0.15) is 0 Å². The van der Waals surface area contributed by atoms with Crippen LogP contribution in [0, 0.1) is 5.92 Å². The third kappa shape index (κ3) is 21.8. The monoisotopic (exact) mass is 1350 g/mol. The number of aliphatic hydroxyl groups is 5. The third-order valence-corrected chi connectivity index (χ3v) is 18.3. The van der Waals surface area contributed by atoms with Crippen molar-refractivity contribution in [2.75, 3.05) is 65.3 Å². The van der Waals surface area contributed by atoms with E-state index in [1.54, 1.807) is 0 Å². The number of cyclic esters (lactones) is 1. The number of nitrogens with zero attached hydrogens (tertiary/aromatic N) is 6. The minimum Gasteiger partial charge on any atom is -0.479 e. The van der Waals surface area contributed by atoms with Crippen LogP contribution in [0.25, 0.3) is 0 Å². The molecule has 1 unspecified atom stereocenters. The number of carbonyl (C=O) groups is 11. The molecule has 8 amide bonds. The quantitative estimate of drug-likeness (QED) is 0.0354. The second kappa shape index (κ2) is 36.6. The van der Waals surface area contributed by atoms with Crippen LogP contribution in [0.4, 0.5) is 5.95 Å². The van der Waals surface area contributed by atoms with Gasteiger partial charge in [0.15, 0.2) is 18.2 Å². The van der Waals surface area contributed by atoms with E-state index in [0.29, 0.717) is 41.9 Å². The molecule has 5 saturated heterocycles. The smallest absolute Gasteiger partial charge is 0.335 e. The number of hydrogen-bond donors (Lipinski definition) is 14. The zero-order valence-corrected chi connectivity index (χ0v) is 55.0. The van der Waals surface area contributed by atoms with E-state index in [2.05, 4.69) is 60.2 Å². The number of esters is 1. The van der Waals surface area contributed by atoms with E-state index >= 15 is 0 Å². The van der Waals surface area contributed by atoms with Gasteiger partial charge in [-0.15, -0.1) is 0 Å². The van der Waals surface area contributed by atoms with Crippen molar-refractivity contribution in [3.8, 4) is 0 Å². The van der Waals surface area contributed by atoms with E-state index in [9.17, 15) is 93.3 Å². The number of nitrogens with one attached hydrogen (secondary N) is 7. The standard InChI is InChI=1S/C62H99N13O20/c1-34(2)16-11-9-7-6-8-10-12-17-38-31-45(80)67-46(35(3)77)58(89)74-26-15-20-42(74)57(88)73-25-14-19-41(73)53(84)65-39(18-13-24-63-62-64-36(30-44(79)68-62)32-72-27-21-37(22-28-72)71(4)5)52(83)69-47(50(81)59(90)91)54(85)66-40(33-76)56(87)75-29-23-43(78)49(75)55(86)70-48(61(94)95-38)51(82)60(92)93/h30,34-35,37-43,46-51,76-78,81-82H,6-29,31-33H2,1-5H3,(H,65,84)(H,66,85)(H,67,80)(H,69,83)(H,70,86)(H,90,91)(H,92,93)(H2,63,64,68,79)/t35-,38-,39+,40-,41?,42-,43+,46-,47-,48+,49+,50-,51+/m1/s1. The van der Waals surface area contributed by atoms with Gasteiger partial charge in [0.1, 0.15) is 48.4 Å². The molecule has 0 spiro atoms. The number of aliphatic carboxylic acids is 2. The van der Waals surface area contributed by atoms with Crippen molar-refractivity contribution in [1.82, 2.24) is 61.1 Å². The summed E-state index contributed by atoms with van der Waals surface area (Å²) in [5.74, 6) is -14.2. The largest absolute Gasteiger partial charge is 0.479 e. The topological polar surface area (TPSA) is 473 Å². The highest BCUT2D eigenvalue weighted by molar-refractivity contribution is 6.00. The van der Waals surface area contributed by atoms with Gasteiger partial charge >= 0.3 is 17.9 Å². The molecule has 1 aromatic heterocycles. The summed E-state index contributed by atoms with van der Waals surface area (Å²) in [6.07, 6.45) is -2.70. The van der Waals surface area contributed by atoms with Crippen LogP contribution in [0.5, 0.6) is 0 Å². The number of likely N-dealkylation sites (tertiary alicyclic amines) is 1. The van der Waals surface area contributed by atoms with Crippen molar-refractivity contribution in [3.05, 3.63) is 22.1 Å².